The van der Waals surface area contributed by atoms with Crippen LogP contribution in [0.15, 0.2) is 94.2 Å². The van der Waals surface area contributed by atoms with Crippen molar-refractivity contribution in [3.8, 4) is 5.88 Å². The molecule has 2 heterocycles. The fraction of sp³-hybridized carbons (Fsp3) is 0.174. The number of aliphatic hydroxyl groups excluding tert-OH is 1. The summed E-state index contributed by atoms with van der Waals surface area (Å²) in [5.41, 5.74) is 1.000. The molecule has 0 saturated heterocycles. The highest BCUT2D eigenvalue weighted by atomic mass is 35.5. The largest absolute Gasteiger partial charge is 0.515 e. The molecule has 0 aliphatic carbocycles. The van der Waals surface area contributed by atoms with E-state index in [2.05, 4.69) is 10.1 Å². The molecule has 1 N–H and O–H groups in total. The van der Waals surface area contributed by atoms with E-state index in [1.807, 2.05) is 25.1 Å². The maximum absolute atomic E-state index is 12.9. The second-order valence-corrected chi connectivity index (χ2v) is 7.22. The molecule has 1 unspecified atom stereocenters. The number of halogens is 1. The zero-order valence-electron chi connectivity index (χ0n) is 17.6. The number of rotatable bonds is 8. The van der Waals surface area contributed by atoms with E-state index in [0.29, 0.717) is 23.2 Å². The van der Waals surface area contributed by atoms with Crippen molar-refractivity contribution in [2.24, 2.45) is 4.99 Å². The Morgan fingerprint density at radius 1 is 1.34 bits per heavy atom. The highest BCUT2D eigenvalue weighted by Crippen LogP contribution is 2.20. The van der Waals surface area contributed by atoms with Crippen molar-refractivity contribution in [3.05, 3.63) is 95.3 Å². The van der Waals surface area contributed by atoms with Gasteiger partial charge in [-0.25, -0.2) is 4.99 Å². The summed E-state index contributed by atoms with van der Waals surface area (Å²) in [5, 5.41) is 13.7. The Bertz CT molecular complexity index is 1060. The second kappa shape index (κ2) is 11.0. The number of carbonyl (C=O) groups excluding carboxylic acids is 1. The summed E-state index contributed by atoms with van der Waals surface area (Å²) < 4.78 is 10.4. The van der Waals surface area contributed by atoms with Crippen LogP contribution in [0.5, 0.6) is 5.88 Å². The van der Waals surface area contributed by atoms with Gasteiger partial charge in [0.25, 0.3) is 11.8 Å². The van der Waals surface area contributed by atoms with Crippen LogP contribution in [0.3, 0.4) is 0 Å². The Morgan fingerprint density at radius 2 is 2.12 bits per heavy atom. The number of benzene rings is 1. The lowest BCUT2D eigenvalue weighted by atomic mass is 10.1. The van der Waals surface area contributed by atoms with Gasteiger partial charge in [-0.05, 0) is 48.0 Å². The molecule has 166 valence electrons. The summed E-state index contributed by atoms with van der Waals surface area (Å²) in [7, 11) is 1.80. The first-order valence-electron chi connectivity index (χ1n) is 9.76. The van der Waals surface area contributed by atoms with Crippen LogP contribution in [0.1, 0.15) is 12.5 Å². The van der Waals surface area contributed by atoms with Gasteiger partial charge in [0.1, 0.15) is 12.0 Å². The Kier molecular flexibility index (Phi) is 7.88. The smallest absolute Gasteiger partial charge is 0.261 e. The summed E-state index contributed by atoms with van der Waals surface area (Å²) >= 11 is 5.96. The summed E-state index contributed by atoms with van der Waals surface area (Å²) in [5.74, 6) is 0.566. The monoisotopic (exact) mass is 454 g/mol. The summed E-state index contributed by atoms with van der Waals surface area (Å²) in [6.45, 7) is 2.17. The third-order valence-electron chi connectivity index (χ3n) is 4.45. The number of allylic oxidation sites excluding steroid dienone is 4. The minimum absolute atomic E-state index is 0.115. The van der Waals surface area contributed by atoms with E-state index in [9.17, 15) is 9.90 Å². The third kappa shape index (κ3) is 5.89. The van der Waals surface area contributed by atoms with Crippen LogP contribution in [0.4, 0.5) is 0 Å². The molecule has 32 heavy (non-hydrogen) atoms. The van der Waals surface area contributed by atoms with E-state index in [4.69, 9.17) is 20.9 Å². The average Bonchev–Trinajstić information content (AvgIpc) is 3.29. The molecule has 1 aliphatic heterocycles. The maximum Gasteiger partial charge on any atom is 0.261 e. The van der Waals surface area contributed by atoms with Crippen LogP contribution < -0.4 is 4.74 Å². The van der Waals surface area contributed by atoms with Gasteiger partial charge in [-0.15, -0.1) is 0 Å². The topological polar surface area (TPSA) is 91.4 Å². The molecule has 3 rings (SSSR count). The van der Waals surface area contributed by atoms with Crippen molar-refractivity contribution in [1.29, 1.82) is 0 Å². The van der Waals surface area contributed by atoms with Gasteiger partial charge in [-0.2, -0.15) is 0 Å². The number of aromatic nitrogens is 1. The van der Waals surface area contributed by atoms with Gasteiger partial charge in [-0.1, -0.05) is 29.8 Å². The molecule has 9 heteroatoms. The van der Waals surface area contributed by atoms with Crippen molar-refractivity contribution < 1.29 is 19.2 Å². The highest BCUT2D eigenvalue weighted by Gasteiger charge is 2.31. The average molecular weight is 455 g/mol. The minimum atomic E-state index is -0.604. The molecule has 1 amide bonds. The number of nitrogens with zero attached hydrogens (tertiary/aromatic N) is 4. The van der Waals surface area contributed by atoms with E-state index in [1.165, 1.54) is 12.5 Å². The lowest BCUT2D eigenvalue weighted by Crippen LogP contribution is -2.49. The van der Waals surface area contributed by atoms with Crippen molar-refractivity contribution >= 4 is 23.7 Å². The third-order valence-corrected chi connectivity index (χ3v) is 4.70. The molecule has 2 aromatic rings. The Balaban J connectivity index is 1.78. The van der Waals surface area contributed by atoms with Crippen molar-refractivity contribution in [3.63, 3.8) is 0 Å². The normalized spacial score (nSPS) is 18.3. The van der Waals surface area contributed by atoms with Crippen LogP contribution in [0.25, 0.3) is 0 Å². The first-order valence-corrected chi connectivity index (χ1v) is 10.1. The molecule has 1 atom stereocenters. The predicted octanol–water partition coefficient (Wildman–Crippen LogP) is 4.45. The Morgan fingerprint density at radius 3 is 2.78 bits per heavy atom. The number of carbonyl (C=O) groups is 1. The van der Waals surface area contributed by atoms with Crippen molar-refractivity contribution in [2.75, 3.05) is 7.05 Å². The number of ether oxygens (including phenoxy) is 1. The first-order chi connectivity index (χ1) is 15.5. The molecule has 0 saturated carbocycles. The number of hydrogen-bond donors (Lipinski definition) is 1. The second-order valence-electron chi connectivity index (χ2n) is 6.78. The van der Waals surface area contributed by atoms with Crippen molar-refractivity contribution in [1.82, 2.24) is 15.0 Å². The van der Waals surface area contributed by atoms with E-state index in [-0.39, 0.29) is 11.5 Å². The van der Waals surface area contributed by atoms with Gasteiger partial charge in [0, 0.05) is 37.1 Å². The molecule has 0 radical (unpaired) electrons. The SMILES string of the molecule is C\C=C/C(=C\C=C\N(C)C1N=C/C(=C\O)C(=O)N1Cc1ccc(Cl)cc1)Oc1ccon1. The van der Waals surface area contributed by atoms with Crippen LogP contribution in [0, 0.1) is 0 Å². The number of hydrogen-bond acceptors (Lipinski definition) is 7. The summed E-state index contributed by atoms with van der Waals surface area (Å²) in [6.07, 6.45) is 11.9. The number of aliphatic hydroxyl groups is 1. The molecule has 0 fully saturated rings. The maximum atomic E-state index is 12.9. The molecule has 0 bridgehead atoms. The molecular formula is C23H23ClN4O4. The van der Waals surface area contributed by atoms with Gasteiger partial charge in [0.15, 0.2) is 0 Å². The molecular weight excluding hydrogens is 432 g/mol. The van der Waals surface area contributed by atoms with Gasteiger partial charge >= 0.3 is 0 Å². The van der Waals surface area contributed by atoms with Gasteiger partial charge < -0.3 is 19.3 Å². The lowest BCUT2D eigenvalue weighted by Gasteiger charge is -2.37. The van der Waals surface area contributed by atoms with E-state index >= 15 is 0 Å². The van der Waals surface area contributed by atoms with Crippen molar-refractivity contribution in [2.45, 2.75) is 19.8 Å². The zero-order valence-corrected chi connectivity index (χ0v) is 18.4. The Hall–Kier alpha value is -3.78. The Labute approximate surface area is 191 Å². The minimum Gasteiger partial charge on any atom is -0.515 e. The van der Waals surface area contributed by atoms with E-state index < -0.39 is 6.29 Å². The standard InChI is InChI=1S/C23H23ClN4O4/c1-3-5-20(32-21-11-13-31-26-21)6-4-12-27(2)23-25-14-18(16-29)22(30)28(23)15-17-7-9-19(24)10-8-17/h3-14,16,23,29H,15H2,1-2H3/b5-3-,12-4+,18-16+,20-6+. The first kappa shape index (κ1) is 22.9. The lowest BCUT2D eigenvalue weighted by molar-refractivity contribution is -0.133. The fourth-order valence-electron chi connectivity index (χ4n) is 2.92. The van der Waals surface area contributed by atoms with Gasteiger partial charge in [0.2, 0.25) is 6.29 Å². The highest BCUT2D eigenvalue weighted by molar-refractivity contribution is 6.30. The number of aliphatic imine (C=N–C) groups is 1. The molecule has 1 aromatic carbocycles. The van der Waals surface area contributed by atoms with Gasteiger partial charge in [-0.3, -0.25) is 9.69 Å². The summed E-state index contributed by atoms with van der Waals surface area (Å²) in [4.78, 5) is 20.6. The number of amides is 1. The summed E-state index contributed by atoms with van der Waals surface area (Å²) in [6, 6.07) is 8.82. The van der Waals surface area contributed by atoms with Crippen LogP contribution in [-0.4, -0.2) is 45.5 Å². The zero-order chi connectivity index (χ0) is 22.9. The van der Waals surface area contributed by atoms with Crippen LogP contribution in [-0.2, 0) is 11.3 Å². The van der Waals surface area contributed by atoms with E-state index in [1.54, 1.807) is 59.5 Å². The van der Waals surface area contributed by atoms with Crippen LogP contribution >= 0.6 is 11.6 Å². The molecule has 1 aliphatic rings. The van der Waals surface area contributed by atoms with E-state index in [0.717, 1.165) is 11.8 Å². The molecule has 8 nitrogen and oxygen atoms in total. The quantitative estimate of drug-likeness (QED) is 0.360. The molecule has 0 spiro atoms. The van der Waals surface area contributed by atoms with Gasteiger partial charge in [0.05, 0.1) is 11.8 Å². The predicted molar refractivity (Wildman–Crippen MR) is 122 cm³/mol. The molecule has 1 aromatic heterocycles. The van der Waals surface area contributed by atoms with Crippen LogP contribution in [0.2, 0.25) is 5.02 Å². The fourth-order valence-corrected chi connectivity index (χ4v) is 3.05.